The second-order valence-electron chi connectivity index (χ2n) is 4.82. The van der Waals surface area contributed by atoms with Crippen molar-refractivity contribution in [2.24, 2.45) is 4.99 Å². The minimum absolute atomic E-state index is 0.0403. The van der Waals surface area contributed by atoms with Gasteiger partial charge < -0.3 is 5.11 Å². The second-order valence-corrected chi connectivity index (χ2v) is 5.26. The Morgan fingerprint density at radius 1 is 1.38 bits per heavy atom. The normalized spacial score (nSPS) is 14.7. The Morgan fingerprint density at radius 3 is 2.81 bits per heavy atom. The van der Waals surface area contributed by atoms with Crippen molar-refractivity contribution in [3.8, 4) is 11.6 Å². The molecule has 0 bridgehead atoms. The van der Waals surface area contributed by atoms with Gasteiger partial charge in [0.05, 0.1) is 11.7 Å². The van der Waals surface area contributed by atoms with Crippen molar-refractivity contribution in [3.05, 3.63) is 55.7 Å². The number of aliphatic imine (C=N–C) groups is 1. The van der Waals surface area contributed by atoms with E-state index in [2.05, 4.69) is 9.98 Å². The van der Waals surface area contributed by atoms with Gasteiger partial charge in [0.25, 0.3) is 5.56 Å². The van der Waals surface area contributed by atoms with Crippen LogP contribution < -0.4 is 11.2 Å². The molecule has 7 heteroatoms. The SMILES string of the molecule is O=c1[nH]c(=O)n(-c2cccc(Cl)c2)c(O)c1C=NC1CC1. The van der Waals surface area contributed by atoms with E-state index in [4.69, 9.17) is 11.6 Å². The first-order valence-electron chi connectivity index (χ1n) is 6.43. The zero-order chi connectivity index (χ0) is 15.0. The highest BCUT2D eigenvalue weighted by atomic mass is 35.5. The molecule has 0 radical (unpaired) electrons. The van der Waals surface area contributed by atoms with Crippen molar-refractivity contribution in [2.75, 3.05) is 0 Å². The zero-order valence-corrected chi connectivity index (χ0v) is 11.7. The summed E-state index contributed by atoms with van der Waals surface area (Å²) in [5, 5.41) is 10.7. The highest BCUT2D eigenvalue weighted by molar-refractivity contribution is 6.30. The van der Waals surface area contributed by atoms with Gasteiger partial charge in [-0.3, -0.25) is 14.8 Å². The quantitative estimate of drug-likeness (QED) is 0.842. The maximum Gasteiger partial charge on any atom is 0.335 e. The van der Waals surface area contributed by atoms with Crippen LogP contribution in [0.15, 0.2) is 38.8 Å². The number of aromatic amines is 1. The molecule has 1 saturated carbocycles. The third-order valence-corrected chi connectivity index (χ3v) is 3.38. The van der Waals surface area contributed by atoms with Gasteiger partial charge >= 0.3 is 5.69 Å². The maximum atomic E-state index is 11.9. The largest absolute Gasteiger partial charge is 0.493 e. The number of hydrogen-bond acceptors (Lipinski definition) is 4. The predicted molar refractivity (Wildman–Crippen MR) is 80.0 cm³/mol. The van der Waals surface area contributed by atoms with E-state index in [1.54, 1.807) is 18.2 Å². The standard InChI is InChI=1S/C14H12ClN3O3/c15-8-2-1-3-10(6-8)18-13(20)11(7-16-9-4-5-9)12(19)17-14(18)21/h1-3,6-7,9,20H,4-5H2,(H,17,19,21). The molecule has 0 unspecified atom stereocenters. The maximum absolute atomic E-state index is 11.9. The summed E-state index contributed by atoms with van der Waals surface area (Å²) in [5.41, 5.74) is -1.08. The summed E-state index contributed by atoms with van der Waals surface area (Å²) in [4.78, 5) is 30.1. The Balaban J connectivity index is 2.18. The molecule has 21 heavy (non-hydrogen) atoms. The number of aromatic nitrogens is 2. The van der Waals surface area contributed by atoms with E-state index >= 15 is 0 Å². The average molecular weight is 306 g/mol. The smallest absolute Gasteiger partial charge is 0.335 e. The van der Waals surface area contributed by atoms with Crippen molar-refractivity contribution in [1.29, 1.82) is 0 Å². The summed E-state index contributed by atoms with van der Waals surface area (Å²) in [6.07, 6.45) is 3.26. The van der Waals surface area contributed by atoms with Gasteiger partial charge in [0, 0.05) is 11.2 Å². The summed E-state index contributed by atoms with van der Waals surface area (Å²) in [5.74, 6) is -0.449. The fraction of sp³-hybridized carbons (Fsp3) is 0.214. The molecule has 0 amide bonds. The Bertz CT molecular complexity index is 834. The molecule has 0 saturated heterocycles. The Kier molecular flexibility index (Phi) is 3.39. The first-order chi connectivity index (χ1) is 10.1. The molecule has 1 aliphatic rings. The van der Waals surface area contributed by atoms with Crippen LogP contribution in [0.5, 0.6) is 5.88 Å². The lowest BCUT2D eigenvalue weighted by Gasteiger charge is -2.09. The third kappa shape index (κ3) is 2.75. The number of halogens is 1. The molecule has 2 N–H and O–H groups in total. The van der Waals surface area contributed by atoms with E-state index < -0.39 is 17.1 Å². The summed E-state index contributed by atoms with van der Waals surface area (Å²) < 4.78 is 0.988. The van der Waals surface area contributed by atoms with Crippen LogP contribution in [0.4, 0.5) is 0 Å². The highest BCUT2D eigenvalue weighted by Gasteiger charge is 2.20. The average Bonchev–Trinajstić information content (AvgIpc) is 3.22. The molecule has 0 spiro atoms. The van der Waals surface area contributed by atoms with E-state index in [0.29, 0.717) is 10.7 Å². The Morgan fingerprint density at radius 2 is 2.14 bits per heavy atom. The predicted octanol–water partition coefficient (Wildman–Crippen LogP) is 1.47. The molecule has 1 aromatic carbocycles. The first-order valence-corrected chi connectivity index (χ1v) is 6.81. The second kappa shape index (κ2) is 5.21. The lowest BCUT2D eigenvalue weighted by Crippen LogP contribution is -2.31. The lowest BCUT2D eigenvalue weighted by molar-refractivity contribution is 0.430. The number of H-pyrrole nitrogens is 1. The minimum Gasteiger partial charge on any atom is -0.493 e. The summed E-state index contributed by atoms with van der Waals surface area (Å²) in [6.45, 7) is 0. The molecular weight excluding hydrogens is 294 g/mol. The van der Waals surface area contributed by atoms with Gasteiger partial charge in [0.1, 0.15) is 5.56 Å². The van der Waals surface area contributed by atoms with Crippen LogP contribution in [-0.2, 0) is 0 Å². The van der Waals surface area contributed by atoms with Crippen molar-refractivity contribution < 1.29 is 5.11 Å². The number of nitrogens with zero attached hydrogens (tertiary/aromatic N) is 2. The molecule has 1 aromatic heterocycles. The van der Waals surface area contributed by atoms with Crippen molar-refractivity contribution >= 4 is 17.8 Å². The number of nitrogens with one attached hydrogen (secondary N) is 1. The van der Waals surface area contributed by atoms with Gasteiger partial charge in [0.15, 0.2) is 0 Å². The molecule has 0 aliphatic heterocycles. The van der Waals surface area contributed by atoms with E-state index in [0.717, 1.165) is 17.4 Å². The van der Waals surface area contributed by atoms with Gasteiger partial charge in [0.2, 0.25) is 5.88 Å². The summed E-state index contributed by atoms with van der Waals surface area (Å²) in [6, 6.07) is 6.62. The van der Waals surface area contributed by atoms with Crippen LogP contribution >= 0.6 is 11.6 Å². The Hall–Kier alpha value is -2.34. The highest BCUT2D eigenvalue weighted by Crippen LogP contribution is 2.24. The topological polar surface area (TPSA) is 87.5 Å². The molecule has 0 atom stereocenters. The first kappa shape index (κ1) is 13.6. The van der Waals surface area contributed by atoms with Gasteiger partial charge in [-0.25, -0.2) is 9.36 Å². The van der Waals surface area contributed by atoms with Crippen molar-refractivity contribution in [3.63, 3.8) is 0 Å². The number of aromatic hydroxyl groups is 1. The third-order valence-electron chi connectivity index (χ3n) is 3.15. The fourth-order valence-electron chi connectivity index (χ4n) is 1.91. The minimum atomic E-state index is -0.733. The van der Waals surface area contributed by atoms with Crippen LogP contribution in [0.3, 0.4) is 0 Å². The number of benzene rings is 1. The molecule has 1 heterocycles. The molecule has 1 fully saturated rings. The van der Waals surface area contributed by atoms with Crippen molar-refractivity contribution in [1.82, 2.24) is 9.55 Å². The van der Waals surface area contributed by atoms with Crippen LogP contribution in [0.25, 0.3) is 5.69 Å². The van der Waals surface area contributed by atoms with Crippen LogP contribution in [-0.4, -0.2) is 26.9 Å². The summed E-state index contributed by atoms with van der Waals surface area (Å²) in [7, 11) is 0. The lowest BCUT2D eigenvalue weighted by atomic mass is 10.3. The molecule has 6 nitrogen and oxygen atoms in total. The van der Waals surface area contributed by atoms with E-state index in [9.17, 15) is 14.7 Å². The fourth-order valence-corrected chi connectivity index (χ4v) is 2.10. The number of hydrogen-bond donors (Lipinski definition) is 2. The van der Waals surface area contributed by atoms with Gasteiger partial charge in [-0.1, -0.05) is 17.7 Å². The van der Waals surface area contributed by atoms with Gasteiger partial charge in [-0.15, -0.1) is 0 Å². The van der Waals surface area contributed by atoms with E-state index in [1.165, 1.54) is 12.3 Å². The van der Waals surface area contributed by atoms with Crippen molar-refractivity contribution in [2.45, 2.75) is 18.9 Å². The molecule has 3 rings (SSSR count). The van der Waals surface area contributed by atoms with Crippen LogP contribution in [0, 0.1) is 0 Å². The molecule has 108 valence electrons. The molecule has 1 aliphatic carbocycles. The van der Waals surface area contributed by atoms with E-state index in [1.807, 2.05) is 0 Å². The molecular formula is C14H12ClN3O3. The number of rotatable bonds is 3. The van der Waals surface area contributed by atoms with Gasteiger partial charge in [-0.05, 0) is 31.0 Å². The van der Waals surface area contributed by atoms with Crippen LogP contribution in [0.2, 0.25) is 5.02 Å². The molecule has 2 aromatic rings. The van der Waals surface area contributed by atoms with Gasteiger partial charge in [-0.2, -0.15) is 0 Å². The van der Waals surface area contributed by atoms with Crippen LogP contribution in [0.1, 0.15) is 18.4 Å². The summed E-state index contributed by atoms with van der Waals surface area (Å²) >= 11 is 5.89. The van der Waals surface area contributed by atoms with E-state index in [-0.39, 0.29) is 11.6 Å². The zero-order valence-electron chi connectivity index (χ0n) is 10.9. The Labute approximate surface area is 124 Å². The monoisotopic (exact) mass is 305 g/mol.